The van der Waals surface area contributed by atoms with Crippen molar-refractivity contribution in [1.82, 2.24) is 5.32 Å². The second-order valence-corrected chi connectivity index (χ2v) is 6.28. The van der Waals surface area contributed by atoms with Crippen LogP contribution in [0, 0.1) is 0 Å². The number of carbonyl (C=O) groups excluding carboxylic acids is 3. The molecule has 0 spiro atoms. The van der Waals surface area contributed by atoms with E-state index in [-0.39, 0.29) is 24.3 Å². The van der Waals surface area contributed by atoms with Gasteiger partial charge in [0.25, 0.3) is 11.8 Å². The first-order valence-electron chi connectivity index (χ1n) is 8.85. The van der Waals surface area contributed by atoms with Gasteiger partial charge in [0.05, 0.1) is 12.2 Å². The zero-order valence-corrected chi connectivity index (χ0v) is 15.5. The Balaban J connectivity index is 1.64. The molecular weight excluding hydrogens is 358 g/mol. The van der Waals surface area contributed by atoms with Crippen molar-refractivity contribution in [2.45, 2.75) is 13.0 Å². The van der Waals surface area contributed by atoms with E-state index in [1.165, 1.54) is 0 Å². The van der Waals surface area contributed by atoms with Crippen molar-refractivity contribution in [3.05, 3.63) is 66.7 Å². The summed E-state index contributed by atoms with van der Waals surface area (Å²) in [7, 11) is 0. The summed E-state index contributed by atoms with van der Waals surface area (Å²) in [6.07, 6.45) is 1.02. The van der Waals surface area contributed by atoms with Gasteiger partial charge in [-0.2, -0.15) is 0 Å². The molecule has 144 valence electrons. The molecule has 0 aliphatic carbocycles. The molecule has 0 saturated heterocycles. The lowest BCUT2D eigenvalue weighted by atomic mass is 10.1. The van der Waals surface area contributed by atoms with E-state index in [9.17, 15) is 14.4 Å². The molecule has 28 heavy (non-hydrogen) atoms. The fraction of sp³-hybridized carbons (Fsp3) is 0.190. The molecule has 0 saturated carbocycles. The quantitative estimate of drug-likeness (QED) is 0.755. The van der Waals surface area contributed by atoms with Crippen LogP contribution in [0.1, 0.15) is 17.3 Å². The van der Waals surface area contributed by atoms with E-state index < -0.39 is 6.10 Å². The van der Waals surface area contributed by atoms with Gasteiger partial charge in [-0.1, -0.05) is 24.3 Å². The zero-order valence-electron chi connectivity index (χ0n) is 15.5. The van der Waals surface area contributed by atoms with Crippen LogP contribution in [0.3, 0.4) is 0 Å². The lowest BCUT2D eigenvalue weighted by Gasteiger charge is -2.32. The maximum absolute atomic E-state index is 12.2. The normalized spacial score (nSPS) is 15.2. The molecule has 7 heteroatoms. The van der Waals surface area contributed by atoms with Crippen LogP contribution < -0.4 is 20.3 Å². The third-order valence-corrected chi connectivity index (χ3v) is 4.21. The molecule has 3 amide bonds. The van der Waals surface area contributed by atoms with Gasteiger partial charge in [0.1, 0.15) is 5.75 Å². The largest absolute Gasteiger partial charge is 0.479 e. The van der Waals surface area contributed by atoms with E-state index in [0.29, 0.717) is 29.2 Å². The molecule has 2 aromatic rings. The highest BCUT2D eigenvalue weighted by molar-refractivity contribution is 6.02. The van der Waals surface area contributed by atoms with E-state index in [4.69, 9.17) is 4.74 Å². The lowest BCUT2D eigenvalue weighted by Crippen LogP contribution is -2.44. The van der Waals surface area contributed by atoms with Gasteiger partial charge < -0.3 is 20.3 Å². The van der Waals surface area contributed by atoms with Crippen LogP contribution in [0.15, 0.2) is 61.2 Å². The molecule has 1 aliphatic rings. The Morgan fingerprint density at radius 1 is 1.21 bits per heavy atom. The highest BCUT2D eigenvalue weighted by Gasteiger charge is 2.30. The molecule has 1 atom stereocenters. The molecule has 1 unspecified atom stereocenters. The van der Waals surface area contributed by atoms with Crippen molar-refractivity contribution < 1.29 is 19.1 Å². The smallest absolute Gasteiger partial charge is 0.268 e. The summed E-state index contributed by atoms with van der Waals surface area (Å²) < 4.78 is 5.65. The average molecular weight is 379 g/mol. The van der Waals surface area contributed by atoms with Gasteiger partial charge in [-0.3, -0.25) is 14.4 Å². The number of fused-ring (bicyclic) bond motifs is 1. The minimum atomic E-state index is -0.622. The molecule has 0 aromatic heterocycles. The molecular formula is C21H21N3O4. The summed E-state index contributed by atoms with van der Waals surface area (Å²) in [4.78, 5) is 38.0. The number of hydrogen-bond acceptors (Lipinski definition) is 4. The molecule has 0 radical (unpaired) electrons. The van der Waals surface area contributed by atoms with Crippen molar-refractivity contribution in [2.24, 2.45) is 0 Å². The predicted octanol–water partition coefficient (Wildman–Crippen LogP) is 2.35. The third-order valence-electron chi connectivity index (χ3n) is 4.21. The number of amides is 3. The highest BCUT2D eigenvalue weighted by atomic mass is 16.5. The summed E-state index contributed by atoms with van der Waals surface area (Å²) in [5.41, 5.74) is 1.62. The first-order chi connectivity index (χ1) is 13.5. The Morgan fingerprint density at radius 2 is 1.96 bits per heavy atom. The minimum absolute atomic E-state index is 0.146. The Bertz CT molecular complexity index is 911. The van der Waals surface area contributed by atoms with Crippen LogP contribution in [0.25, 0.3) is 0 Å². The van der Waals surface area contributed by atoms with Gasteiger partial charge in [-0.25, -0.2) is 0 Å². The lowest BCUT2D eigenvalue weighted by molar-refractivity contribution is -0.125. The van der Waals surface area contributed by atoms with Crippen LogP contribution in [-0.2, 0) is 9.59 Å². The Kier molecular flexibility index (Phi) is 5.74. The molecule has 3 rings (SSSR count). The standard InChI is InChI=1S/C21H21N3O4/c1-3-11-24-17-10-9-16(12-18(17)28-14(2)21(24)27)23-19(25)13-22-20(26)15-7-5-4-6-8-15/h3-10,12,14H,1,11,13H2,2H3,(H,22,26)(H,23,25). The van der Waals surface area contributed by atoms with E-state index in [0.717, 1.165) is 0 Å². The molecule has 2 N–H and O–H groups in total. The number of hydrogen-bond donors (Lipinski definition) is 2. The van der Waals surface area contributed by atoms with Crippen LogP contribution in [0.4, 0.5) is 11.4 Å². The Morgan fingerprint density at radius 3 is 2.68 bits per heavy atom. The fourth-order valence-electron chi connectivity index (χ4n) is 2.86. The second-order valence-electron chi connectivity index (χ2n) is 6.28. The summed E-state index contributed by atoms with van der Waals surface area (Å²) in [5.74, 6) is -0.336. The zero-order chi connectivity index (χ0) is 20.1. The van der Waals surface area contributed by atoms with Crippen molar-refractivity contribution in [3.8, 4) is 5.75 Å². The van der Waals surface area contributed by atoms with Gasteiger partial charge in [0.15, 0.2) is 6.10 Å². The van der Waals surface area contributed by atoms with E-state index >= 15 is 0 Å². The highest BCUT2D eigenvalue weighted by Crippen LogP contribution is 2.36. The van der Waals surface area contributed by atoms with Gasteiger partial charge in [0, 0.05) is 23.9 Å². The predicted molar refractivity (Wildman–Crippen MR) is 106 cm³/mol. The van der Waals surface area contributed by atoms with E-state index in [1.54, 1.807) is 60.4 Å². The molecule has 0 bridgehead atoms. The molecule has 1 aliphatic heterocycles. The topological polar surface area (TPSA) is 87.7 Å². The van der Waals surface area contributed by atoms with Crippen LogP contribution in [0.2, 0.25) is 0 Å². The van der Waals surface area contributed by atoms with Crippen LogP contribution >= 0.6 is 0 Å². The summed E-state index contributed by atoms with van der Waals surface area (Å²) in [6.45, 7) is 5.56. The number of ether oxygens (including phenoxy) is 1. The molecule has 1 heterocycles. The number of anilines is 2. The molecule has 0 fully saturated rings. The van der Waals surface area contributed by atoms with Crippen LogP contribution in [0.5, 0.6) is 5.75 Å². The fourth-order valence-corrected chi connectivity index (χ4v) is 2.86. The number of nitrogens with one attached hydrogen (secondary N) is 2. The first-order valence-corrected chi connectivity index (χ1v) is 8.85. The summed E-state index contributed by atoms with van der Waals surface area (Å²) >= 11 is 0. The van der Waals surface area contributed by atoms with E-state index in [1.807, 2.05) is 6.07 Å². The second kappa shape index (κ2) is 8.39. The van der Waals surface area contributed by atoms with E-state index in [2.05, 4.69) is 17.2 Å². The third kappa shape index (κ3) is 4.20. The summed E-state index contributed by atoms with van der Waals surface area (Å²) in [6, 6.07) is 13.7. The van der Waals surface area contributed by atoms with Crippen molar-refractivity contribution in [3.63, 3.8) is 0 Å². The Hall–Kier alpha value is -3.61. The number of carbonyl (C=O) groups is 3. The van der Waals surface area contributed by atoms with Crippen molar-refractivity contribution in [1.29, 1.82) is 0 Å². The minimum Gasteiger partial charge on any atom is -0.479 e. The summed E-state index contributed by atoms with van der Waals surface area (Å²) in [5, 5.41) is 5.29. The average Bonchev–Trinajstić information content (AvgIpc) is 2.70. The Labute approximate surface area is 163 Å². The molecule has 7 nitrogen and oxygen atoms in total. The SMILES string of the molecule is C=CCN1C(=O)C(C)Oc2cc(NC(=O)CNC(=O)c3ccccc3)ccc21. The van der Waals surface area contributed by atoms with Crippen molar-refractivity contribution >= 4 is 29.1 Å². The van der Waals surface area contributed by atoms with Gasteiger partial charge in [-0.05, 0) is 31.2 Å². The number of nitrogens with zero attached hydrogens (tertiary/aromatic N) is 1. The monoisotopic (exact) mass is 379 g/mol. The van der Waals surface area contributed by atoms with Crippen molar-refractivity contribution in [2.75, 3.05) is 23.3 Å². The molecule has 2 aromatic carbocycles. The van der Waals surface area contributed by atoms with Gasteiger partial charge in [0.2, 0.25) is 5.91 Å². The first kappa shape index (κ1) is 19.2. The van der Waals surface area contributed by atoms with Gasteiger partial charge >= 0.3 is 0 Å². The number of benzene rings is 2. The number of rotatable bonds is 6. The van der Waals surface area contributed by atoms with Crippen LogP contribution in [-0.4, -0.2) is 36.9 Å². The maximum atomic E-state index is 12.2. The van der Waals surface area contributed by atoms with Gasteiger partial charge in [-0.15, -0.1) is 6.58 Å². The maximum Gasteiger partial charge on any atom is 0.268 e.